The van der Waals surface area contributed by atoms with Gasteiger partial charge < -0.3 is 16.0 Å². The minimum absolute atomic E-state index is 0.0320. The largest absolute Gasteiger partial charge is 0.399 e. The number of hydrogen-bond donors (Lipinski definition) is 2. The van der Waals surface area contributed by atoms with Crippen LogP contribution in [0.5, 0.6) is 0 Å². The van der Waals surface area contributed by atoms with Crippen LogP contribution in [0.2, 0.25) is 0 Å². The van der Waals surface area contributed by atoms with Crippen LogP contribution in [0.15, 0.2) is 48.5 Å². The maximum Gasteiger partial charge on any atom is 0.251 e. The molecule has 1 aliphatic heterocycles. The van der Waals surface area contributed by atoms with Crippen LogP contribution in [-0.2, 0) is 0 Å². The highest BCUT2D eigenvalue weighted by Crippen LogP contribution is 2.31. The summed E-state index contributed by atoms with van der Waals surface area (Å²) >= 11 is 1.61. The van der Waals surface area contributed by atoms with Crippen molar-refractivity contribution in [3.63, 3.8) is 0 Å². The summed E-state index contributed by atoms with van der Waals surface area (Å²) in [5, 5.41) is 5.55. The summed E-state index contributed by atoms with van der Waals surface area (Å²) in [7, 11) is 0. The molecule has 3 aromatic rings. The van der Waals surface area contributed by atoms with Crippen LogP contribution in [0.1, 0.15) is 23.2 Å². The highest BCUT2D eigenvalue weighted by Gasteiger charge is 2.20. The summed E-state index contributed by atoms with van der Waals surface area (Å²) in [6.07, 6.45) is 2.08. The van der Waals surface area contributed by atoms with E-state index in [4.69, 9.17) is 5.73 Å². The second-order valence-electron chi connectivity index (χ2n) is 7.42. The molecule has 152 valence electrons. The fourth-order valence-corrected chi connectivity index (χ4v) is 4.59. The number of nitrogens with two attached hydrogens (primary N) is 1. The van der Waals surface area contributed by atoms with Crippen LogP contribution in [0.3, 0.4) is 0 Å². The highest BCUT2D eigenvalue weighted by molar-refractivity contribution is 7.11. The Morgan fingerprint density at radius 1 is 1.03 bits per heavy atom. The standard InChI is InChI=1S/C22H27N5OS/c23-18-9-7-17(8-10-18)21(28)24-11-3-4-12-26-13-15-27(16-14-26)22-19-5-1-2-6-20(19)25-29-22/h1-2,5-10H,3-4,11-16,23H2,(H,24,28). The molecule has 29 heavy (non-hydrogen) atoms. The summed E-state index contributed by atoms with van der Waals surface area (Å²) in [4.78, 5) is 17.1. The Labute approximate surface area is 175 Å². The van der Waals surface area contributed by atoms with Crippen molar-refractivity contribution in [1.82, 2.24) is 14.6 Å². The van der Waals surface area contributed by atoms with Gasteiger partial charge in [-0.1, -0.05) is 12.1 Å². The maximum absolute atomic E-state index is 12.1. The van der Waals surface area contributed by atoms with Crippen molar-refractivity contribution in [3.8, 4) is 0 Å². The van der Waals surface area contributed by atoms with Crippen molar-refractivity contribution >= 4 is 39.0 Å². The quantitative estimate of drug-likeness (QED) is 0.463. The molecule has 0 atom stereocenters. The van der Waals surface area contributed by atoms with E-state index in [2.05, 4.69) is 37.7 Å². The van der Waals surface area contributed by atoms with E-state index in [1.54, 1.807) is 35.8 Å². The smallest absolute Gasteiger partial charge is 0.251 e. The Hall–Kier alpha value is -2.64. The summed E-state index contributed by atoms with van der Waals surface area (Å²) in [5.74, 6) is -0.0320. The normalized spacial score (nSPS) is 15.0. The average Bonchev–Trinajstić information content (AvgIpc) is 3.18. The fourth-order valence-electron chi connectivity index (χ4n) is 3.68. The zero-order chi connectivity index (χ0) is 20.1. The lowest BCUT2D eigenvalue weighted by molar-refractivity contribution is 0.0952. The van der Waals surface area contributed by atoms with E-state index in [-0.39, 0.29) is 5.91 Å². The Morgan fingerprint density at radius 3 is 2.59 bits per heavy atom. The molecule has 1 aromatic heterocycles. The van der Waals surface area contributed by atoms with E-state index in [0.717, 1.165) is 51.1 Å². The molecule has 3 N–H and O–H groups in total. The lowest BCUT2D eigenvalue weighted by Gasteiger charge is -2.35. The number of hydrogen-bond acceptors (Lipinski definition) is 6. The van der Waals surface area contributed by atoms with Crippen molar-refractivity contribution in [2.75, 3.05) is 49.9 Å². The van der Waals surface area contributed by atoms with E-state index < -0.39 is 0 Å². The second-order valence-corrected chi connectivity index (χ2v) is 8.17. The molecule has 1 aliphatic rings. The van der Waals surface area contributed by atoms with Gasteiger partial charge in [0.1, 0.15) is 5.00 Å². The maximum atomic E-state index is 12.1. The number of rotatable bonds is 7. The molecule has 1 amide bonds. The Balaban J connectivity index is 1.15. The summed E-state index contributed by atoms with van der Waals surface area (Å²) in [6, 6.07) is 15.4. The topological polar surface area (TPSA) is 74.5 Å². The third-order valence-corrected chi connectivity index (χ3v) is 6.32. The molecule has 0 spiro atoms. The minimum Gasteiger partial charge on any atom is -0.399 e. The molecule has 0 saturated carbocycles. The molecule has 0 radical (unpaired) electrons. The number of piperazine rings is 1. The molecule has 2 heterocycles. The molecule has 0 unspecified atom stereocenters. The number of fused-ring (bicyclic) bond motifs is 1. The number of unbranched alkanes of at least 4 members (excludes halogenated alkanes) is 1. The van der Waals surface area contributed by atoms with Crippen molar-refractivity contribution in [3.05, 3.63) is 54.1 Å². The fraction of sp³-hybridized carbons (Fsp3) is 0.364. The first kappa shape index (κ1) is 19.7. The Morgan fingerprint density at radius 2 is 1.79 bits per heavy atom. The van der Waals surface area contributed by atoms with Crippen molar-refractivity contribution in [2.24, 2.45) is 0 Å². The van der Waals surface area contributed by atoms with E-state index in [9.17, 15) is 4.79 Å². The number of nitrogen functional groups attached to an aromatic ring is 1. The van der Waals surface area contributed by atoms with Gasteiger partial charge in [-0.25, -0.2) is 0 Å². The molecule has 2 aromatic carbocycles. The first-order valence-electron chi connectivity index (χ1n) is 10.2. The summed E-state index contributed by atoms with van der Waals surface area (Å²) in [5.41, 5.74) is 8.08. The van der Waals surface area contributed by atoms with Gasteiger partial charge in [0.15, 0.2) is 0 Å². The van der Waals surface area contributed by atoms with Crippen LogP contribution < -0.4 is 16.0 Å². The van der Waals surface area contributed by atoms with Gasteiger partial charge in [0.05, 0.1) is 5.52 Å². The minimum atomic E-state index is -0.0320. The predicted molar refractivity (Wildman–Crippen MR) is 121 cm³/mol. The van der Waals surface area contributed by atoms with E-state index in [1.807, 2.05) is 6.07 Å². The highest BCUT2D eigenvalue weighted by atomic mass is 32.1. The number of carbonyl (C=O) groups is 1. The molecule has 4 rings (SSSR count). The molecular weight excluding hydrogens is 382 g/mol. The first-order chi connectivity index (χ1) is 14.2. The zero-order valence-electron chi connectivity index (χ0n) is 16.5. The molecule has 0 bridgehead atoms. The predicted octanol–water partition coefficient (Wildman–Crippen LogP) is 3.21. The number of nitrogens with zero attached hydrogens (tertiary/aromatic N) is 3. The third-order valence-electron chi connectivity index (χ3n) is 5.38. The van der Waals surface area contributed by atoms with Crippen LogP contribution in [0, 0.1) is 0 Å². The van der Waals surface area contributed by atoms with E-state index >= 15 is 0 Å². The van der Waals surface area contributed by atoms with E-state index in [1.165, 1.54) is 10.4 Å². The van der Waals surface area contributed by atoms with Crippen LogP contribution in [0.25, 0.3) is 10.9 Å². The van der Waals surface area contributed by atoms with Crippen LogP contribution >= 0.6 is 11.5 Å². The van der Waals surface area contributed by atoms with Gasteiger partial charge in [-0.15, -0.1) is 0 Å². The van der Waals surface area contributed by atoms with Crippen molar-refractivity contribution in [1.29, 1.82) is 0 Å². The summed E-state index contributed by atoms with van der Waals surface area (Å²) in [6.45, 7) is 6.01. The SMILES string of the molecule is Nc1ccc(C(=O)NCCCCN2CCN(c3snc4ccccc34)CC2)cc1. The van der Waals surface area contributed by atoms with Gasteiger partial charge in [-0.3, -0.25) is 9.69 Å². The van der Waals surface area contributed by atoms with E-state index in [0.29, 0.717) is 17.8 Å². The molecule has 6 nitrogen and oxygen atoms in total. The number of benzene rings is 2. The van der Waals surface area contributed by atoms with Gasteiger partial charge >= 0.3 is 0 Å². The molecule has 7 heteroatoms. The Kier molecular flexibility index (Phi) is 6.27. The number of nitrogens with one attached hydrogen (secondary N) is 1. The monoisotopic (exact) mass is 409 g/mol. The molecule has 0 aliphatic carbocycles. The first-order valence-corrected chi connectivity index (χ1v) is 10.9. The molecular formula is C22H27N5OS. The van der Waals surface area contributed by atoms with Crippen LogP contribution in [-0.4, -0.2) is 54.4 Å². The zero-order valence-corrected chi connectivity index (χ0v) is 17.3. The van der Waals surface area contributed by atoms with Gasteiger partial charge in [0.25, 0.3) is 5.91 Å². The van der Waals surface area contributed by atoms with Gasteiger partial charge in [-0.2, -0.15) is 4.37 Å². The second kappa shape index (κ2) is 9.24. The lowest BCUT2D eigenvalue weighted by atomic mass is 10.2. The van der Waals surface area contributed by atoms with Crippen molar-refractivity contribution in [2.45, 2.75) is 12.8 Å². The summed E-state index contributed by atoms with van der Waals surface area (Å²) < 4.78 is 4.57. The number of carbonyl (C=O) groups excluding carboxylic acids is 1. The lowest BCUT2D eigenvalue weighted by Crippen LogP contribution is -2.46. The van der Waals surface area contributed by atoms with Gasteiger partial charge in [-0.05, 0) is 67.3 Å². The molecule has 1 fully saturated rings. The number of anilines is 2. The van der Waals surface area contributed by atoms with Gasteiger partial charge in [0, 0.05) is 49.4 Å². The van der Waals surface area contributed by atoms with Crippen LogP contribution in [0.4, 0.5) is 10.7 Å². The van der Waals surface area contributed by atoms with Gasteiger partial charge in [0.2, 0.25) is 0 Å². The third kappa shape index (κ3) is 4.86. The number of aromatic nitrogens is 1. The number of amides is 1. The Bertz CT molecular complexity index is 947. The average molecular weight is 410 g/mol. The molecule has 1 saturated heterocycles. The van der Waals surface area contributed by atoms with Crippen molar-refractivity contribution < 1.29 is 4.79 Å².